The Morgan fingerprint density at radius 1 is 0.347 bits per heavy atom. The highest BCUT2D eigenvalue weighted by Crippen LogP contribution is 2.53. The number of fused-ring (bicyclic) bond motifs is 5. The van der Waals surface area contributed by atoms with Gasteiger partial charge < -0.3 is 0 Å². The normalized spacial score (nSPS) is 12.9. The van der Waals surface area contributed by atoms with Crippen LogP contribution < -0.4 is 0 Å². The zero-order valence-corrected chi connectivity index (χ0v) is 27.4. The molecule has 0 bridgehead atoms. The van der Waals surface area contributed by atoms with Crippen molar-refractivity contribution in [3.05, 3.63) is 175 Å². The first-order chi connectivity index (χ1) is 24.0. The average Bonchev–Trinajstić information content (AvgIpc) is 3.41. The number of nitrogens with zero attached hydrogens (tertiary/aromatic N) is 3. The van der Waals surface area contributed by atoms with E-state index < -0.39 is 0 Å². The predicted octanol–water partition coefficient (Wildman–Crippen LogP) is 11.7. The Morgan fingerprint density at radius 3 is 1.45 bits per heavy atom. The van der Waals surface area contributed by atoms with Gasteiger partial charge in [0.05, 0.1) is 0 Å². The minimum Gasteiger partial charge on any atom is -0.208 e. The van der Waals surface area contributed by atoms with Crippen LogP contribution in [0.5, 0.6) is 0 Å². The lowest BCUT2D eigenvalue weighted by Gasteiger charge is -2.23. The highest BCUT2D eigenvalue weighted by Gasteiger charge is 2.37. The Balaban J connectivity index is 1.32. The second-order valence-corrected chi connectivity index (χ2v) is 13.3. The molecule has 1 aromatic heterocycles. The van der Waals surface area contributed by atoms with Gasteiger partial charge >= 0.3 is 0 Å². The molecule has 3 heteroatoms. The molecular formula is C46H33N3. The second-order valence-electron chi connectivity index (χ2n) is 13.3. The van der Waals surface area contributed by atoms with Gasteiger partial charge in [0.2, 0.25) is 0 Å². The number of rotatable bonds is 5. The fourth-order valence-corrected chi connectivity index (χ4v) is 7.44. The molecule has 9 rings (SSSR count). The van der Waals surface area contributed by atoms with E-state index in [0.29, 0.717) is 17.5 Å². The molecule has 7 aromatic carbocycles. The van der Waals surface area contributed by atoms with Gasteiger partial charge in [0.25, 0.3) is 0 Å². The highest BCUT2D eigenvalue weighted by atomic mass is 15.0. The van der Waals surface area contributed by atoms with Crippen molar-refractivity contribution in [3.8, 4) is 67.5 Å². The van der Waals surface area contributed by atoms with E-state index in [1.807, 2.05) is 36.4 Å². The monoisotopic (exact) mass is 627 g/mol. The Hall–Kier alpha value is -6.19. The van der Waals surface area contributed by atoms with Crippen molar-refractivity contribution in [2.24, 2.45) is 0 Å². The molecule has 0 saturated heterocycles. The topological polar surface area (TPSA) is 38.7 Å². The molecule has 0 amide bonds. The summed E-state index contributed by atoms with van der Waals surface area (Å²) in [4.78, 5) is 15.2. The van der Waals surface area contributed by atoms with Crippen LogP contribution in [0.3, 0.4) is 0 Å². The first-order valence-electron chi connectivity index (χ1n) is 16.8. The van der Waals surface area contributed by atoms with Gasteiger partial charge in [0.1, 0.15) is 0 Å². The van der Waals surface area contributed by atoms with Crippen LogP contribution in [0.15, 0.2) is 164 Å². The number of aromatic nitrogens is 3. The zero-order chi connectivity index (χ0) is 33.0. The van der Waals surface area contributed by atoms with E-state index >= 15 is 0 Å². The minimum atomic E-state index is -0.131. The number of hydrogen-bond acceptors (Lipinski definition) is 3. The van der Waals surface area contributed by atoms with Crippen LogP contribution in [0.2, 0.25) is 0 Å². The van der Waals surface area contributed by atoms with Gasteiger partial charge in [-0.15, -0.1) is 0 Å². The third kappa shape index (κ3) is 4.94. The molecule has 8 aromatic rings. The molecule has 0 aliphatic heterocycles. The van der Waals surface area contributed by atoms with E-state index in [-0.39, 0.29) is 5.41 Å². The summed E-state index contributed by atoms with van der Waals surface area (Å²) in [6.07, 6.45) is 0. The van der Waals surface area contributed by atoms with Gasteiger partial charge in [0, 0.05) is 22.1 Å². The van der Waals surface area contributed by atoms with Crippen molar-refractivity contribution in [1.82, 2.24) is 15.0 Å². The quantitative estimate of drug-likeness (QED) is 0.191. The molecule has 0 spiro atoms. The molecule has 1 aliphatic rings. The van der Waals surface area contributed by atoms with Crippen molar-refractivity contribution in [3.63, 3.8) is 0 Å². The maximum atomic E-state index is 5.12. The van der Waals surface area contributed by atoms with Gasteiger partial charge in [-0.1, -0.05) is 153 Å². The van der Waals surface area contributed by atoms with Gasteiger partial charge in [0.15, 0.2) is 17.5 Å². The van der Waals surface area contributed by atoms with Crippen molar-refractivity contribution in [2.45, 2.75) is 19.3 Å². The lowest BCUT2D eigenvalue weighted by molar-refractivity contribution is 0.661. The molecule has 0 saturated carbocycles. The highest BCUT2D eigenvalue weighted by molar-refractivity contribution is 6.09. The van der Waals surface area contributed by atoms with Crippen LogP contribution in [0.4, 0.5) is 0 Å². The molecule has 0 atom stereocenters. The van der Waals surface area contributed by atoms with Gasteiger partial charge in [-0.3, -0.25) is 0 Å². The standard InChI is InChI=1S/C46H33N3/c1-46(2)40-25-15-14-24-38(40)42-37-23-13-12-22-36(37)39(29-41(42)46)34-26-33(30-16-6-3-7-17-30)27-35(28-34)45-48-43(31-18-8-4-9-19-31)47-44(49-45)32-20-10-5-11-21-32/h3-29H,1-2H3. The summed E-state index contributed by atoms with van der Waals surface area (Å²) >= 11 is 0. The summed E-state index contributed by atoms with van der Waals surface area (Å²) in [5.41, 5.74) is 12.7. The second kappa shape index (κ2) is 11.5. The summed E-state index contributed by atoms with van der Waals surface area (Å²) < 4.78 is 0. The van der Waals surface area contributed by atoms with E-state index in [2.05, 4.69) is 141 Å². The molecule has 0 N–H and O–H groups in total. The first-order valence-corrected chi connectivity index (χ1v) is 16.8. The summed E-state index contributed by atoms with van der Waals surface area (Å²) in [7, 11) is 0. The molecule has 3 nitrogen and oxygen atoms in total. The SMILES string of the molecule is CC1(C)c2ccccc2-c2c1cc(-c1cc(-c3ccccc3)cc(-c3nc(-c4ccccc4)nc(-c4ccccc4)n3)c1)c1ccccc21. The predicted molar refractivity (Wildman–Crippen MR) is 202 cm³/mol. The Bertz CT molecular complexity index is 2440. The Labute approximate surface area is 286 Å². The zero-order valence-electron chi connectivity index (χ0n) is 27.4. The lowest BCUT2D eigenvalue weighted by atomic mass is 9.80. The summed E-state index contributed by atoms with van der Waals surface area (Å²) in [5, 5.41) is 2.51. The minimum absolute atomic E-state index is 0.131. The van der Waals surface area contributed by atoms with E-state index in [1.165, 1.54) is 38.6 Å². The first kappa shape index (κ1) is 29.0. The van der Waals surface area contributed by atoms with E-state index in [9.17, 15) is 0 Å². The molecule has 1 aliphatic carbocycles. The van der Waals surface area contributed by atoms with Crippen molar-refractivity contribution < 1.29 is 0 Å². The Kier molecular flexibility index (Phi) is 6.80. The molecule has 0 unspecified atom stereocenters. The van der Waals surface area contributed by atoms with Crippen molar-refractivity contribution in [2.75, 3.05) is 0 Å². The number of hydrogen-bond donors (Lipinski definition) is 0. The smallest absolute Gasteiger partial charge is 0.164 e. The molecule has 232 valence electrons. The van der Waals surface area contributed by atoms with Crippen molar-refractivity contribution >= 4 is 10.8 Å². The van der Waals surface area contributed by atoms with Gasteiger partial charge in [-0.2, -0.15) is 0 Å². The molecule has 0 radical (unpaired) electrons. The Morgan fingerprint density at radius 2 is 0.816 bits per heavy atom. The maximum absolute atomic E-state index is 5.12. The summed E-state index contributed by atoms with van der Waals surface area (Å²) in [5.74, 6) is 1.95. The summed E-state index contributed by atoms with van der Waals surface area (Å²) in [6.45, 7) is 4.70. The maximum Gasteiger partial charge on any atom is 0.164 e. The number of benzene rings is 7. The van der Waals surface area contributed by atoms with Crippen LogP contribution in [0.25, 0.3) is 78.3 Å². The van der Waals surface area contributed by atoms with Crippen LogP contribution in [0, 0.1) is 0 Å². The fraction of sp³-hybridized carbons (Fsp3) is 0.0652. The fourth-order valence-electron chi connectivity index (χ4n) is 7.44. The molecule has 1 heterocycles. The van der Waals surface area contributed by atoms with Crippen LogP contribution in [-0.4, -0.2) is 15.0 Å². The third-order valence-electron chi connectivity index (χ3n) is 9.90. The van der Waals surface area contributed by atoms with E-state index in [4.69, 9.17) is 15.0 Å². The van der Waals surface area contributed by atoms with E-state index in [0.717, 1.165) is 33.4 Å². The van der Waals surface area contributed by atoms with Crippen LogP contribution in [0.1, 0.15) is 25.0 Å². The van der Waals surface area contributed by atoms with Crippen LogP contribution >= 0.6 is 0 Å². The van der Waals surface area contributed by atoms with Gasteiger partial charge in [-0.25, -0.2) is 15.0 Å². The van der Waals surface area contributed by atoms with Crippen LogP contribution in [-0.2, 0) is 5.41 Å². The largest absolute Gasteiger partial charge is 0.208 e. The molecule has 0 fully saturated rings. The van der Waals surface area contributed by atoms with Crippen molar-refractivity contribution in [1.29, 1.82) is 0 Å². The lowest BCUT2D eigenvalue weighted by Crippen LogP contribution is -2.15. The van der Waals surface area contributed by atoms with E-state index in [1.54, 1.807) is 0 Å². The summed E-state index contributed by atoms with van der Waals surface area (Å²) in [6, 6.07) is 57.9. The third-order valence-corrected chi connectivity index (χ3v) is 9.90. The van der Waals surface area contributed by atoms with Gasteiger partial charge in [-0.05, 0) is 79.5 Å². The average molecular weight is 628 g/mol. The molecule has 49 heavy (non-hydrogen) atoms. The molecular weight excluding hydrogens is 595 g/mol.